The van der Waals surface area contributed by atoms with Gasteiger partial charge in [0.15, 0.2) is 0 Å². The first kappa shape index (κ1) is 20.3. The highest BCUT2D eigenvalue weighted by Crippen LogP contribution is 2.30. The van der Waals surface area contributed by atoms with Crippen LogP contribution in [0.5, 0.6) is 0 Å². The smallest absolute Gasteiger partial charge is 0.228 e. The lowest BCUT2D eigenvalue weighted by Gasteiger charge is -2.21. The summed E-state index contributed by atoms with van der Waals surface area (Å²) in [5, 5.41) is 6.88. The molecule has 0 saturated heterocycles. The monoisotopic (exact) mass is 356 g/mol. The van der Waals surface area contributed by atoms with Crippen molar-refractivity contribution in [2.45, 2.75) is 50.0 Å². The molecule has 3 nitrogen and oxygen atoms in total. The Morgan fingerprint density at radius 3 is 2.74 bits per heavy atom. The summed E-state index contributed by atoms with van der Waals surface area (Å²) in [4.78, 5) is 12.1. The average molecular weight is 357 g/mol. The van der Waals surface area contributed by atoms with Crippen molar-refractivity contribution < 1.29 is 4.79 Å². The fourth-order valence-electron chi connectivity index (χ4n) is 2.85. The van der Waals surface area contributed by atoms with E-state index >= 15 is 0 Å². The van der Waals surface area contributed by atoms with Gasteiger partial charge in [0.05, 0.1) is 0 Å². The zero-order valence-corrected chi connectivity index (χ0v) is 15.8. The summed E-state index contributed by atoms with van der Waals surface area (Å²) in [6.45, 7) is 2.64. The number of halogens is 1. The number of nitrogens with one attached hydrogen (secondary N) is 2. The topological polar surface area (TPSA) is 41.1 Å². The third-order valence-electron chi connectivity index (χ3n) is 4.19. The minimum absolute atomic E-state index is 0. The quantitative estimate of drug-likeness (QED) is 0.757. The molecule has 1 atom stereocenters. The molecule has 2 rings (SSSR count). The van der Waals surface area contributed by atoms with Crippen molar-refractivity contribution in [2.24, 2.45) is 5.92 Å². The number of amides is 1. The Hall–Kier alpha value is -0.710. The second-order valence-electron chi connectivity index (χ2n) is 6.22. The summed E-state index contributed by atoms with van der Waals surface area (Å²) >= 11 is 2.07. The lowest BCUT2D eigenvalue weighted by molar-refractivity contribution is -0.119. The molecule has 5 heteroatoms. The molecule has 1 aromatic rings. The summed E-state index contributed by atoms with van der Waals surface area (Å²) in [5.74, 6) is 1.09. The van der Waals surface area contributed by atoms with Crippen molar-refractivity contribution in [1.82, 2.24) is 5.32 Å². The molecule has 1 aromatic carbocycles. The van der Waals surface area contributed by atoms with Gasteiger partial charge in [0.1, 0.15) is 0 Å². The van der Waals surface area contributed by atoms with Gasteiger partial charge in [-0.25, -0.2) is 0 Å². The van der Waals surface area contributed by atoms with Gasteiger partial charge in [-0.1, -0.05) is 38.3 Å². The fourth-order valence-corrected chi connectivity index (χ4v) is 4.12. The first-order chi connectivity index (χ1) is 10.7. The van der Waals surface area contributed by atoms with Crippen LogP contribution in [0.3, 0.4) is 0 Å². The van der Waals surface area contributed by atoms with Crippen molar-refractivity contribution in [2.75, 3.05) is 18.9 Å². The van der Waals surface area contributed by atoms with E-state index in [0.717, 1.165) is 16.7 Å². The molecule has 1 saturated carbocycles. The van der Waals surface area contributed by atoms with Gasteiger partial charge >= 0.3 is 0 Å². The zero-order chi connectivity index (χ0) is 15.8. The van der Waals surface area contributed by atoms with E-state index < -0.39 is 0 Å². The third kappa shape index (κ3) is 7.15. The molecule has 1 aliphatic rings. The van der Waals surface area contributed by atoms with Gasteiger partial charge in [0.25, 0.3) is 0 Å². The molecule has 0 radical (unpaired) electrons. The molecule has 0 bridgehead atoms. The Labute approximate surface area is 150 Å². The van der Waals surface area contributed by atoms with Crippen LogP contribution < -0.4 is 10.6 Å². The third-order valence-corrected chi connectivity index (χ3v) is 5.63. The summed E-state index contributed by atoms with van der Waals surface area (Å²) in [6.07, 6.45) is 6.91. The number of thioether (sulfide) groups is 1. The summed E-state index contributed by atoms with van der Waals surface area (Å²) < 4.78 is 0. The van der Waals surface area contributed by atoms with Crippen LogP contribution >= 0.6 is 24.2 Å². The van der Waals surface area contributed by atoms with Crippen LogP contribution in [0.15, 0.2) is 24.3 Å². The number of hydrogen-bond acceptors (Lipinski definition) is 3. The summed E-state index contributed by atoms with van der Waals surface area (Å²) in [6, 6.07) is 8.27. The highest BCUT2D eigenvalue weighted by molar-refractivity contribution is 7.99. The lowest BCUT2D eigenvalue weighted by atomic mass is 10.0. The second-order valence-corrected chi connectivity index (χ2v) is 7.51. The Bertz CT molecular complexity index is 478. The molecule has 0 aliphatic heterocycles. The molecule has 23 heavy (non-hydrogen) atoms. The SMILES string of the molecule is CNCC(C)C(=O)Nc1cccc(CSC2CCCCC2)c1.Cl. The molecule has 1 aliphatic carbocycles. The Morgan fingerprint density at radius 2 is 2.04 bits per heavy atom. The van der Waals surface area contributed by atoms with E-state index in [2.05, 4.69) is 34.5 Å². The predicted octanol–water partition coefficient (Wildman–Crippen LogP) is 4.47. The Kier molecular flexibility index (Phi) is 9.68. The molecule has 0 spiro atoms. The van der Waals surface area contributed by atoms with E-state index in [1.54, 1.807) is 0 Å². The Morgan fingerprint density at radius 1 is 1.30 bits per heavy atom. The maximum atomic E-state index is 12.1. The number of carbonyl (C=O) groups excluding carboxylic acids is 1. The van der Waals surface area contributed by atoms with Gasteiger partial charge in [0, 0.05) is 29.2 Å². The van der Waals surface area contributed by atoms with Crippen molar-refractivity contribution in [3.8, 4) is 0 Å². The molecule has 1 amide bonds. The number of anilines is 1. The van der Waals surface area contributed by atoms with E-state index in [1.165, 1.54) is 37.7 Å². The Balaban J connectivity index is 0.00000264. The van der Waals surface area contributed by atoms with Crippen LogP contribution in [0.4, 0.5) is 5.69 Å². The van der Waals surface area contributed by atoms with Crippen molar-refractivity contribution in [1.29, 1.82) is 0 Å². The normalized spacial score (nSPS) is 16.4. The van der Waals surface area contributed by atoms with E-state index in [1.807, 2.05) is 26.1 Å². The van der Waals surface area contributed by atoms with Crippen molar-refractivity contribution in [3.63, 3.8) is 0 Å². The van der Waals surface area contributed by atoms with Crippen molar-refractivity contribution in [3.05, 3.63) is 29.8 Å². The lowest BCUT2D eigenvalue weighted by Crippen LogP contribution is -2.28. The van der Waals surface area contributed by atoms with Crippen molar-refractivity contribution >= 4 is 35.8 Å². The largest absolute Gasteiger partial charge is 0.326 e. The highest BCUT2D eigenvalue weighted by Gasteiger charge is 2.14. The van der Waals surface area contributed by atoms with Gasteiger partial charge < -0.3 is 10.6 Å². The van der Waals surface area contributed by atoms with Gasteiger partial charge in [0.2, 0.25) is 5.91 Å². The standard InChI is InChI=1S/C18H28N2OS.ClH/c1-14(12-19-2)18(21)20-16-8-6-7-15(11-16)13-22-17-9-4-3-5-10-17;/h6-8,11,14,17,19H,3-5,9-10,12-13H2,1-2H3,(H,20,21);1H. The second kappa shape index (κ2) is 11.0. The zero-order valence-electron chi connectivity index (χ0n) is 14.1. The van der Waals surface area contributed by atoms with Crippen LogP contribution in [-0.4, -0.2) is 24.7 Å². The van der Waals surface area contributed by atoms with Crippen LogP contribution in [0.2, 0.25) is 0 Å². The highest BCUT2D eigenvalue weighted by atomic mass is 35.5. The number of hydrogen-bond donors (Lipinski definition) is 2. The maximum Gasteiger partial charge on any atom is 0.228 e. The van der Waals surface area contributed by atoms with Crippen LogP contribution in [0.1, 0.15) is 44.6 Å². The van der Waals surface area contributed by atoms with Gasteiger partial charge in [-0.3, -0.25) is 4.79 Å². The minimum Gasteiger partial charge on any atom is -0.326 e. The maximum absolute atomic E-state index is 12.1. The molecule has 0 aromatic heterocycles. The van der Waals surface area contributed by atoms with Gasteiger partial charge in [-0.2, -0.15) is 11.8 Å². The first-order valence-corrected chi connectivity index (χ1v) is 9.40. The summed E-state index contributed by atoms with van der Waals surface area (Å²) in [7, 11) is 1.87. The van der Waals surface area contributed by atoms with Crippen LogP contribution in [0, 0.1) is 5.92 Å². The number of carbonyl (C=O) groups is 1. The average Bonchev–Trinajstić information content (AvgIpc) is 2.54. The molecule has 1 fully saturated rings. The molecule has 0 heterocycles. The molecular formula is C18H29ClN2OS. The number of rotatable bonds is 7. The molecule has 1 unspecified atom stereocenters. The van der Waals surface area contributed by atoms with E-state index in [0.29, 0.717) is 6.54 Å². The van der Waals surface area contributed by atoms with E-state index in [4.69, 9.17) is 0 Å². The van der Waals surface area contributed by atoms with E-state index in [9.17, 15) is 4.79 Å². The predicted molar refractivity (Wildman–Crippen MR) is 104 cm³/mol. The number of benzene rings is 1. The van der Waals surface area contributed by atoms with Gasteiger partial charge in [-0.05, 0) is 37.6 Å². The van der Waals surface area contributed by atoms with Crippen LogP contribution in [-0.2, 0) is 10.5 Å². The van der Waals surface area contributed by atoms with Gasteiger partial charge in [-0.15, -0.1) is 12.4 Å². The van der Waals surface area contributed by atoms with E-state index in [-0.39, 0.29) is 24.2 Å². The summed E-state index contributed by atoms with van der Waals surface area (Å²) in [5.41, 5.74) is 2.21. The molecule has 130 valence electrons. The molecule has 2 N–H and O–H groups in total. The minimum atomic E-state index is -0.0229. The van der Waals surface area contributed by atoms with Crippen LogP contribution in [0.25, 0.3) is 0 Å². The molecular weight excluding hydrogens is 328 g/mol. The first-order valence-electron chi connectivity index (χ1n) is 8.35. The fraction of sp³-hybridized carbons (Fsp3) is 0.611.